The van der Waals surface area contributed by atoms with Crippen molar-refractivity contribution in [2.45, 2.75) is 44.6 Å². The summed E-state index contributed by atoms with van der Waals surface area (Å²) in [6.07, 6.45) is 13.7. The summed E-state index contributed by atoms with van der Waals surface area (Å²) in [7, 11) is 0. The van der Waals surface area contributed by atoms with E-state index in [1.165, 1.54) is 51.4 Å². The lowest BCUT2D eigenvalue weighted by Crippen LogP contribution is -2.42. The van der Waals surface area contributed by atoms with Crippen LogP contribution in [0, 0.1) is 5.92 Å². The van der Waals surface area contributed by atoms with Crippen LogP contribution in [0.1, 0.15) is 38.5 Å². The van der Waals surface area contributed by atoms with Crippen molar-refractivity contribution in [3.05, 3.63) is 24.8 Å². The fraction of sp³-hybridized carbons (Fsp3) is 0.692. The largest absolute Gasteiger partial charge is 0.314 e. The maximum atomic E-state index is 3.67. The number of rotatable bonds is 0. The fourth-order valence-electron chi connectivity index (χ4n) is 2.73. The summed E-state index contributed by atoms with van der Waals surface area (Å²) >= 11 is 0. The van der Waals surface area contributed by atoms with Gasteiger partial charge < -0.3 is 5.32 Å². The molecule has 88 valence electrons. The minimum atomic E-state index is 0.905. The van der Waals surface area contributed by atoms with Gasteiger partial charge in [0, 0.05) is 18.4 Å². The molecule has 2 fully saturated rings. The highest BCUT2D eigenvalue weighted by Gasteiger charge is 2.26. The van der Waals surface area contributed by atoms with E-state index in [-0.39, 0.29) is 0 Å². The van der Waals surface area contributed by atoms with Crippen LogP contribution >= 0.6 is 0 Å². The molecule has 2 atom stereocenters. The summed E-state index contributed by atoms with van der Waals surface area (Å²) < 4.78 is 0. The van der Waals surface area contributed by atoms with E-state index in [2.05, 4.69) is 15.3 Å². The molecule has 1 aliphatic heterocycles. The van der Waals surface area contributed by atoms with Gasteiger partial charge in [0.1, 0.15) is 6.33 Å². The molecule has 1 aliphatic carbocycles. The Morgan fingerprint density at radius 3 is 2.31 bits per heavy atom. The fourth-order valence-corrected chi connectivity index (χ4v) is 2.73. The number of hydrogen-bond donors (Lipinski definition) is 1. The van der Waals surface area contributed by atoms with Crippen LogP contribution < -0.4 is 5.32 Å². The first-order chi connectivity index (χ1) is 7.97. The third-order valence-corrected chi connectivity index (χ3v) is 3.54. The summed E-state index contributed by atoms with van der Waals surface area (Å²) in [5.41, 5.74) is 0. The van der Waals surface area contributed by atoms with Crippen LogP contribution in [0.2, 0.25) is 0 Å². The normalized spacial score (nSPS) is 28.5. The lowest BCUT2D eigenvalue weighted by Gasteiger charge is -2.36. The number of hydrogen-bond acceptors (Lipinski definition) is 3. The third-order valence-electron chi connectivity index (χ3n) is 3.54. The number of nitrogens with zero attached hydrogens (tertiary/aromatic N) is 2. The first-order valence-electron chi connectivity index (χ1n) is 6.40. The van der Waals surface area contributed by atoms with Gasteiger partial charge in [0.15, 0.2) is 0 Å². The molecule has 0 amide bonds. The van der Waals surface area contributed by atoms with Crippen LogP contribution in [0.25, 0.3) is 0 Å². The van der Waals surface area contributed by atoms with Crippen LogP contribution in [0.5, 0.6) is 0 Å². The van der Waals surface area contributed by atoms with Gasteiger partial charge >= 0.3 is 0 Å². The Kier molecular flexibility index (Phi) is 4.74. The molecule has 3 heteroatoms. The predicted octanol–water partition coefficient (Wildman–Crippen LogP) is 2.41. The number of fused-ring (bicyclic) bond motifs is 1. The first kappa shape index (κ1) is 11.5. The van der Waals surface area contributed by atoms with E-state index in [4.69, 9.17) is 0 Å². The van der Waals surface area contributed by atoms with Crippen LogP contribution in [-0.4, -0.2) is 22.6 Å². The van der Waals surface area contributed by atoms with Gasteiger partial charge in [-0.15, -0.1) is 0 Å². The van der Waals surface area contributed by atoms with Crippen molar-refractivity contribution < 1.29 is 0 Å². The predicted molar refractivity (Wildman–Crippen MR) is 65.0 cm³/mol. The zero-order valence-corrected chi connectivity index (χ0v) is 9.81. The van der Waals surface area contributed by atoms with E-state index in [0.29, 0.717) is 0 Å². The molecular weight excluding hydrogens is 198 g/mol. The summed E-state index contributed by atoms with van der Waals surface area (Å²) in [6, 6.07) is 2.68. The number of aromatic nitrogens is 2. The van der Waals surface area contributed by atoms with Gasteiger partial charge in [0.2, 0.25) is 0 Å². The monoisotopic (exact) mass is 219 g/mol. The van der Waals surface area contributed by atoms with Crippen LogP contribution in [-0.2, 0) is 0 Å². The minimum absolute atomic E-state index is 0.905. The topological polar surface area (TPSA) is 37.8 Å². The maximum Gasteiger partial charge on any atom is 0.115 e. The first-order valence-corrected chi connectivity index (χ1v) is 6.40. The van der Waals surface area contributed by atoms with Crippen molar-refractivity contribution in [3.8, 4) is 0 Å². The van der Waals surface area contributed by atoms with Crippen molar-refractivity contribution in [2.24, 2.45) is 5.92 Å². The summed E-state index contributed by atoms with van der Waals surface area (Å²) in [4.78, 5) is 7.35. The van der Waals surface area contributed by atoms with Crippen molar-refractivity contribution in [3.63, 3.8) is 0 Å². The Morgan fingerprint density at radius 1 is 0.938 bits per heavy atom. The molecule has 1 saturated heterocycles. The highest BCUT2D eigenvalue weighted by atomic mass is 14.9. The van der Waals surface area contributed by atoms with Crippen molar-refractivity contribution in [1.82, 2.24) is 15.3 Å². The molecule has 0 bridgehead atoms. The lowest BCUT2D eigenvalue weighted by atomic mass is 9.80. The second-order valence-electron chi connectivity index (χ2n) is 4.65. The standard InChI is InChI=1S/C9H17N.C4H4N2/c1-2-6-9-8(4-1)5-3-7-10-9;1-2-5-4-6-3-1/h8-10H,1-7H2;1-4H. The Labute approximate surface area is 97.7 Å². The molecule has 1 N–H and O–H groups in total. The highest BCUT2D eigenvalue weighted by Crippen LogP contribution is 2.30. The summed E-state index contributed by atoms with van der Waals surface area (Å²) in [6.45, 7) is 1.28. The molecule has 0 radical (unpaired) electrons. The molecule has 3 rings (SSSR count). The van der Waals surface area contributed by atoms with Gasteiger partial charge in [0.05, 0.1) is 0 Å². The van der Waals surface area contributed by atoms with Gasteiger partial charge in [-0.1, -0.05) is 12.8 Å². The molecule has 16 heavy (non-hydrogen) atoms. The zero-order chi connectivity index (χ0) is 11.1. The van der Waals surface area contributed by atoms with Crippen molar-refractivity contribution >= 4 is 0 Å². The van der Waals surface area contributed by atoms with Crippen molar-refractivity contribution in [1.29, 1.82) is 0 Å². The second-order valence-corrected chi connectivity index (χ2v) is 4.65. The van der Waals surface area contributed by atoms with Gasteiger partial charge in [0.25, 0.3) is 0 Å². The quantitative estimate of drug-likeness (QED) is 0.728. The van der Waals surface area contributed by atoms with Gasteiger partial charge in [-0.3, -0.25) is 0 Å². The van der Waals surface area contributed by atoms with Crippen LogP contribution in [0.3, 0.4) is 0 Å². The molecule has 0 spiro atoms. The van der Waals surface area contributed by atoms with E-state index < -0.39 is 0 Å². The average molecular weight is 219 g/mol. The third kappa shape index (κ3) is 3.56. The summed E-state index contributed by atoms with van der Waals surface area (Å²) in [5, 5.41) is 3.62. The SMILES string of the molecule is C1CCC2NCCCC2C1.c1cncnc1. The molecule has 1 aromatic heterocycles. The lowest BCUT2D eigenvalue weighted by molar-refractivity contribution is 0.212. The average Bonchev–Trinajstić information content (AvgIpc) is 2.42. The van der Waals surface area contributed by atoms with E-state index in [0.717, 1.165) is 12.0 Å². The molecule has 1 aromatic rings. The highest BCUT2D eigenvalue weighted by molar-refractivity contribution is 4.84. The zero-order valence-electron chi connectivity index (χ0n) is 9.81. The molecular formula is C13H21N3. The van der Waals surface area contributed by atoms with E-state index >= 15 is 0 Å². The van der Waals surface area contributed by atoms with Gasteiger partial charge in [-0.05, 0) is 44.2 Å². The Hall–Kier alpha value is -0.960. The molecule has 3 nitrogen and oxygen atoms in total. The maximum absolute atomic E-state index is 3.67. The van der Waals surface area contributed by atoms with E-state index in [9.17, 15) is 0 Å². The Balaban J connectivity index is 0.000000138. The van der Waals surface area contributed by atoms with Crippen LogP contribution in [0.15, 0.2) is 24.8 Å². The number of piperidine rings is 1. The van der Waals surface area contributed by atoms with Crippen molar-refractivity contribution in [2.75, 3.05) is 6.54 Å². The molecule has 2 aliphatic rings. The second kappa shape index (κ2) is 6.59. The van der Waals surface area contributed by atoms with Crippen LogP contribution in [0.4, 0.5) is 0 Å². The van der Waals surface area contributed by atoms with Gasteiger partial charge in [-0.2, -0.15) is 0 Å². The molecule has 2 unspecified atom stereocenters. The molecule has 2 heterocycles. The minimum Gasteiger partial charge on any atom is -0.314 e. The Bertz CT molecular complexity index is 223. The smallest absolute Gasteiger partial charge is 0.115 e. The molecule has 0 aromatic carbocycles. The van der Waals surface area contributed by atoms with E-state index in [1.807, 2.05) is 0 Å². The number of nitrogens with one attached hydrogen (secondary N) is 1. The summed E-state index contributed by atoms with van der Waals surface area (Å²) in [5.74, 6) is 1.04. The van der Waals surface area contributed by atoms with E-state index in [1.54, 1.807) is 18.5 Å². The van der Waals surface area contributed by atoms with Gasteiger partial charge in [-0.25, -0.2) is 9.97 Å². The Morgan fingerprint density at radius 2 is 1.69 bits per heavy atom. The molecule has 1 saturated carbocycles.